The largest absolute Gasteiger partial charge is 0.451 e. The van der Waals surface area contributed by atoms with E-state index in [0.29, 0.717) is 23.4 Å². The number of carbonyl (C=O) groups is 1. The minimum atomic E-state index is -0.460. The Morgan fingerprint density at radius 3 is 2.79 bits per heavy atom. The number of hydrogen-bond donors (Lipinski definition) is 2. The molecule has 0 radical (unpaired) electrons. The fraction of sp³-hybridized carbons (Fsp3) is 0.353. The normalized spacial score (nSPS) is 24.9. The summed E-state index contributed by atoms with van der Waals surface area (Å²) in [6, 6.07) is 10.4. The molecular weight excluding hydrogens is 310 g/mol. The SMILES string of the molecule is O=C(NC1CC2CCC1N2)c1ccc(-c2ccccc2[N+](=O)[O-])o1. The number of carbonyl (C=O) groups excluding carboxylic acids is 1. The topological polar surface area (TPSA) is 97.4 Å². The first-order chi connectivity index (χ1) is 11.6. The van der Waals surface area contributed by atoms with Crippen LogP contribution in [0.3, 0.4) is 0 Å². The second-order valence-corrected chi connectivity index (χ2v) is 6.30. The minimum Gasteiger partial charge on any atom is -0.451 e. The van der Waals surface area contributed by atoms with Crippen LogP contribution in [-0.4, -0.2) is 29.0 Å². The van der Waals surface area contributed by atoms with E-state index in [1.165, 1.54) is 12.5 Å². The van der Waals surface area contributed by atoms with E-state index in [1.807, 2.05) is 0 Å². The van der Waals surface area contributed by atoms with E-state index in [0.717, 1.165) is 12.8 Å². The Morgan fingerprint density at radius 1 is 1.25 bits per heavy atom. The van der Waals surface area contributed by atoms with Crippen molar-refractivity contribution in [1.29, 1.82) is 0 Å². The van der Waals surface area contributed by atoms with Crippen LogP contribution in [-0.2, 0) is 0 Å². The van der Waals surface area contributed by atoms with Gasteiger partial charge in [0.25, 0.3) is 11.6 Å². The van der Waals surface area contributed by atoms with Crippen LogP contribution in [0.4, 0.5) is 5.69 Å². The van der Waals surface area contributed by atoms with Crippen molar-refractivity contribution < 1.29 is 14.1 Å². The Morgan fingerprint density at radius 2 is 2.08 bits per heavy atom. The van der Waals surface area contributed by atoms with E-state index in [1.54, 1.807) is 30.3 Å². The third-order valence-electron chi connectivity index (χ3n) is 4.81. The molecule has 1 aromatic carbocycles. The average molecular weight is 327 g/mol. The third-order valence-corrected chi connectivity index (χ3v) is 4.81. The molecule has 2 saturated heterocycles. The predicted octanol–water partition coefficient (Wildman–Crippen LogP) is 2.48. The molecule has 2 aliphatic heterocycles. The number of para-hydroxylation sites is 1. The predicted molar refractivity (Wildman–Crippen MR) is 86.6 cm³/mol. The molecule has 0 saturated carbocycles. The van der Waals surface area contributed by atoms with Gasteiger partial charge in [0.1, 0.15) is 5.76 Å². The fourth-order valence-corrected chi connectivity index (χ4v) is 3.67. The number of hydrogen-bond acceptors (Lipinski definition) is 5. The van der Waals surface area contributed by atoms with Crippen molar-refractivity contribution in [3.63, 3.8) is 0 Å². The van der Waals surface area contributed by atoms with Crippen LogP contribution in [0.1, 0.15) is 29.8 Å². The summed E-state index contributed by atoms with van der Waals surface area (Å²) in [5, 5.41) is 17.6. The Bertz CT molecular complexity index is 801. The lowest BCUT2D eigenvalue weighted by Crippen LogP contribution is -2.42. The summed E-state index contributed by atoms with van der Waals surface area (Å²) in [6.45, 7) is 0. The van der Waals surface area contributed by atoms with Gasteiger partial charge in [-0.15, -0.1) is 0 Å². The number of nitro groups is 1. The molecule has 1 amide bonds. The molecule has 2 N–H and O–H groups in total. The summed E-state index contributed by atoms with van der Waals surface area (Å²) in [5.74, 6) is 0.212. The van der Waals surface area contributed by atoms with Gasteiger partial charge in [-0.2, -0.15) is 0 Å². The van der Waals surface area contributed by atoms with E-state index < -0.39 is 4.92 Å². The third kappa shape index (κ3) is 2.56. The van der Waals surface area contributed by atoms with Gasteiger partial charge in [-0.3, -0.25) is 14.9 Å². The van der Waals surface area contributed by atoms with Crippen LogP contribution >= 0.6 is 0 Å². The zero-order valence-corrected chi connectivity index (χ0v) is 12.9. The summed E-state index contributed by atoms with van der Waals surface area (Å²) in [7, 11) is 0. The van der Waals surface area contributed by atoms with Crippen molar-refractivity contribution >= 4 is 11.6 Å². The second kappa shape index (κ2) is 5.76. The molecule has 3 heterocycles. The molecule has 4 rings (SSSR count). The van der Waals surface area contributed by atoms with E-state index in [2.05, 4.69) is 10.6 Å². The molecule has 2 aromatic rings. The first-order valence-corrected chi connectivity index (χ1v) is 8.02. The molecule has 1 aromatic heterocycles. The van der Waals surface area contributed by atoms with Gasteiger partial charge in [-0.1, -0.05) is 12.1 Å². The van der Waals surface area contributed by atoms with Crippen molar-refractivity contribution in [1.82, 2.24) is 10.6 Å². The quantitative estimate of drug-likeness (QED) is 0.664. The minimum absolute atomic E-state index is 0.0453. The van der Waals surface area contributed by atoms with Crippen molar-refractivity contribution in [3.05, 3.63) is 52.3 Å². The van der Waals surface area contributed by atoms with Crippen LogP contribution in [0, 0.1) is 10.1 Å². The first-order valence-electron chi connectivity index (χ1n) is 8.02. The highest BCUT2D eigenvalue weighted by Gasteiger charge is 2.40. The number of nitrogens with zero attached hydrogens (tertiary/aromatic N) is 1. The van der Waals surface area contributed by atoms with Gasteiger partial charge in [0.05, 0.1) is 10.5 Å². The Labute approximate surface area is 138 Å². The smallest absolute Gasteiger partial charge is 0.287 e. The van der Waals surface area contributed by atoms with Gasteiger partial charge in [0.2, 0.25) is 0 Å². The molecule has 2 aliphatic rings. The summed E-state index contributed by atoms with van der Waals surface area (Å²) in [5.41, 5.74) is 0.319. The Hall–Kier alpha value is -2.67. The zero-order valence-electron chi connectivity index (χ0n) is 12.9. The van der Waals surface area contributed by atoms with Crippen LogP contribution in [0.15, 0.2) is 40.8 Å². The highest BCUT2D eigenvalue weighted by Crippen LogP contribution is 2.31. The van der Waals surface area contributed by atoms with Crippen LogP contribution in [0.25, 0.3) is 11.3 Å². The van der Waals surface area contributed by atoms with Gasteiger partial charge in [-0.05, 0) is 37.5 Å². The maximum atomic E-state index is 12.4. The van der Waals surface area contributed by atoms with Gasteiger partial charge >= 0.3 is 0 Å². The maximum absolute atomic E-state index is 12.4. The lowest BCUT2D eigenvalue weighted by Gasteiger charge is -2.20. The zero-order chi connectivity index (χ0) is 16.7. The number of nitro benzene ring substituents is 1. The van der Waals surface area contributed by atoms with Gasteiger partial charge in [-0.25, -0.2) is 0 Å². The summed E-state index contributed by atoms with van der Waals surface area (Å²) >= 11 is 0. The molecule has 7 heteroatoms. The highest BCUT2D eigenvalue weighted by molar-refractivity contribution is 5.92. The molecule has 0 spiro atoms. The van der Waals surface area contributed by atoms with Crippen LogP contribution in [0.5, 0.6) is 0 Å². The molecule has 3 unspecified atom stereocenters. The lowest BCUT2D eigenvalue weighted by atomic mass is 9.95. The number of rotatable bonds is 4. The molecule has 3 atom stereocenters. The molecule has 0 aliphatic carbocycles. The first kappa shape index (κ1) is 14.9. The van der Waals surface area contributed by atoms with E-state index in [4.69, 9.17) is 4.42 Å². The number of benzene rings is 1. The molecule has 124 valence electrons. The average Bonchev–Trinajstić information content (AvgIpc) is 3.31. The van der Waals surface area contributed by atoms with Crippen molar-refractivity contribution in [2.75, 3.05) is 0 Å². The Kier molecular flexibility index (Phi) is 3.57. The number of fused-ring (bicyclic) bond motifs is 2. The van der Waals surface area contributed by atoms with Crippen molar-refractivity contribution in [2.24, 2.45) is 0 Å². The number of amides is 1. The maximum Gasteiger partial charge on any atom is 0.287 e. The standard InChI is InChI=1S/C17H17N3O4/c21-17(19-13-9-10-5-6-12(13)18-10)16-8-7-15(24-16)11-3-1-2-4-14(11)20(22)23/h1-4,7-8,10,12-13,18H,5-6,9H2,(H,19,21). The lowest BCUT2D eigenvalue weighted by molar-refractivity contribution is -0.384. The number of furan rings is 1. The van der Waals surface area contributed by atoms with Crippen molar-refractivity contribution in [2.45, 2.75) is 37.4 Å². The number of nitrogens with one attached hydrogen (secondary N) is 2. The van der Waals surface area contributed by atoms with Crippen molar-refractivity contribution in [3.8, 4) is 11.3 Å². The fourth-order valence-electron chi connectivity index (χ4n) is 3.67. The molecule has 7 nitrogen and oxygen atoms in total. The summed E-state index contributed by atoms with van der Waals surface area (Å²) in [6.07, 6.45) is 3.18. The van der Waals surface area contributed by atoms with E-state index in [-0.39, 0.29) is 23.4 Å². The van der Waals surface area contributed by atoms with Gasteiger partial charge in [0, 0.05) is 24.2 Å². The molecule has 24 heavy (non-hydrogen) atoms. The van der Waals surface area contributed by atoms with Crippen LogP contribution in [0.2, 0.25) is 0 Å². The molecule has 2 bridgehead atoms. The Balaban J connectivity index is 1.53. The van der Waals surface area contributed by atoms with E-state index in [9.17, 15) is 14.9 Å². The molecule has 2 fully saturated rings. The van der Waals surface area contributed by atoms with Crippen LogP contribution < -0.4 is 10.6 Å². The van der Waals surface area contributed by atoms with Gasteiger partial charge < -0.3 is 15.1 Å². The van der Waals surface area contributed by atoms with Gasteiger partial charge in [0.15, 0.2) is 5.76 Å². The monoisotopic (exact) mass is 327 g/mol. The summed E-state index contributed by atoms with van der Waals surface area (Å²) in [4.78, 5) is 23.0. The van der Waals surface area contributed by atoms with E-state index >= 15 is 0 Å². The highest BCUT2D eigenvalue weighted by atomic mass is 16.6. The second-order valence-electron chi connectivity index (χ2n) is 6.30. The summed E-state index contributed by atoms with van der Waals surface area (Å²) < 4.78 is 5.58. The molecular formula is C17H17N3O4.